The Kier molecular flexibility index (Phi) is 4.61. The Morgan fingerprint density at radius 2 is 1.79 bits per heavy atom. The summed E-state index contributed by atoms with van der Waals surface area (Å²) in [5.74, 6) is -0.767. The van der Waals surface area contributed by atoms with Crippen molar-refractivity contribution in [3.05, 3.63) is 77.7 Å². The number of rotatable bonds is 4. The van der Waals surface area contributed by atoms with Crippen molar-refractivity contribution in [3.63, 3.8) is 0 Å². The quantitative estimate of drug-likeness (QED) is 0.493. The third-order valence-corrected chi connectivity index (χ3v) is 4.45. The van der Waals surface area contributed by atoms with E-state index in [1.165, 1.54) is 12.1 Å². The van der Waals surface area contributed by atoms with Crippen LogP contribution in [0.25, 0.3) is 23.0 Å². The maximum absolute atomic E-state index is 13.4. The van der Waals surface area contributed by atoms with E-state index in [1.54, 1.807) is 22.9 Å². The van der Waals surface area contributed by atoms with Crippen molar-refractivity contribution in [2.75, 3.05) is 0 Å². The zero-order valence-corrected chi connectivity index (χ0v) is 15.5. The van der Waals surface area contributed by atoms with Crippen molar-refractivity contribution in [3.8, 4) is 16.9 Å². The van der Waals surface area contributed by atoms with Gasteiger partial charge in [-0.25, -0.2) is 13.9 Å². The largest absolute Gasteiger partial charge is 0.367 e. The fourth-order valence-corrected chi connectivity index (χ4v) is 3.04. The van der Waals surface area contributed by atoms with Crippen molar-refractivity contribution < 1.29 is 14.0 Å². The van der Waals surface area contributed by atoms with Crippen molar-refractivity contribution in [2.45, 2.75) is 13.8 Å². The lowest BCUT2D eigenvalue weighted by Gasteiger charge is -2.03. The molecule has 0 N–H and O–H groups in total. The number of nitrogens with zero attached hydrogens (tertiary/aromatic N) is 3. The molecule has 5 nitrogen and oxygen atoms in total. The highest BCUT2D eigenvalue weighted by molar-refractivity contribution is 6.25. The maximum Gasteiger partial charge on any atom is 0.367 e. The summed E-state index contributed by atoms with van der Waals surface area (Å²) in [6, 6.07) is 15.7. The van der Waals surface area contributed by atoms with Crippen molar-refractivity contribution in [2.24, 2.45) is 11.1 Å². The van der Waals surface area contributed by atoms with Gasteiger partial charge in [0, 0.05) is 17.3 Å². The molecule has 2 heterocycles. The Labute approximate surface area is 161 Å². The summed E-state index contributed by atoms with van der Waals surface area (Å²) >= 11 is 0. The maximum atomic E-state index is 13.4. The van der Waals surface area contributed by atoms with Gasteiger partial charge in [-0.1, -0.05) is 37.2 Å². The molecule has 0 radical (unpaired) electrons. The van der Waals surface area contributed by atoms with Gasteiger partial charge in [0.15, 0.2) is 0 Å². The van der Waals surface area contributed by atoms with Crippen LogP contribution in [0.1, 0.15) is 19.4 Å². The molecule has 0 saturated heterocycles. The molecule has 1 aliphatic heterocycles. The minimum Gasteiger partial charge on any atom is -0.312 e. The van der Waals surface area contributed by atoms with Crippen LogP contribution in [0.2, 0.25) is 0 Å². The first-order valence-electron chi connectivity index (χ1n) is 8.95. The molecule has 2 aromatic carbocycles. The Morgan fingerprint density at radius 1 is 1.07 bits per heavy atom. The highest BCUT2D eigenvalue weighted by Gasteiger charge is 2.28. The van der Waals surface area contributed by atoms with E-state index in [2.05, 4.69) is 10.3 Å². The lowest BCUT2D eigenvalue weighted by molar-refractivity contribution is -0.136. The second-order valence-corrected chi connectivity index (χ2v) is 6.79. The van der Waals surface area contributed by atoms with E-state index in [4.69, 9.17) is 4.84 Å². The monoisotopic (exact) mass is 375 g/mol. The fourth-order valence-electron chi connectivity index (χ4n) is 3.04. The van der Waals surface area contributed by atoms with Gasteiger partial charge in [-0.2, -0.15) is 5.10 Å². The molecule has 140 valence electrons. The summed E-state index contributed by atoms with van der Waals surface area (Å²) in [4.78, 5) is 17.0. The van der Waals surface area contributed by atoms with Gasteiger partial charge in [0.2, 0.25) is 0 Å². The zero-order valence-electron chi connectivity index (χ0n) is 15.5. The van der Waals surface area contributed by atoms with Gasteiger partial charge in [0.25, 0.3) is 0 Å². The average Bonchev–Trinajstić information content (AvgIpc) is 3.28. The van der Waals surface area contributed by atoms with Gasteiger partial charge in [0.1, 0.15) is 5.82 Å². The molecule has 0 spiro atoms. The van der Waals surface area contributed by atoms with E-state index in [9.17, 15) is 9.18 Å². The van der Waals surface area contributed by atoms with Gasteiger partial charge in [-0.3, -0.25) is 0 Å². The lowest BCUT2D eigenvalue weighted by atomic mass is 9.98. The predicted octanol–water partition coefficient (Wildman–Crippen LogP) is 4.63. The van der Waals surface area contributed by atoms with Crippen LogP contribution >= 0.6 is 0 Å². The highest BCUT2D eigenvalue weighted by atomic mass is 19.1. The minimum absolute atomic E-state index is 0.0381. The number of halogens is 1. The van der Waals surface area contributed by atoms with Gasteiger partial charge < -0.3 is 4.84 Å². The number of benzene rings is 2. The molecule has 3 aromatic rings. The van der Waals surface area contributed by atoms with Gasteiger partial charge in [-0.15, -0.1) is 0 Å². The Hall–Kier alpha value is -3.54. The summed E-state index contributed by atoms with van der Waals surface area (Å²) < 4.78 is 15.1. The molecule has 0 atom stereocenters. The smallest absolute Gasteiger partial charge is 0.312 e. The molecule has 1 aliphatic rings. The normalized spacial score (nSPS) is 15.2. The minimum atomic E-state index is -0.485. The number of para-hydroxylation sites is 1. The molecule has 0 fully saturated rings. The molecule has 4 rings (SSSR count). The summed E-state index contributed by atoms with van der Waals surface area (Å²) in [6.45, 7) is 3.89. The van der Waals surface area contributed by atoms with Gasteiger partial charge >= 0.3 is 5.97 Å². The third kappa shape index (κ3) is 3.36. The van der Waals surface area contributed by atoms with Crippen LogP contribution in [0.5, 0.6) is 0 Å². The number of carbonyl (C=O) groups is 1. The van der Waals surface area contributed by atoms with Crippen LogP contribution in [-0.2, 0) is 9.63 Å². The Bertz CT molecular complexity index is 1080. The van der Waals surface area contributed by atoms with Gasteiger partial charge in [0.05, 0.1) is 22.7 Å². The van der Waals surface area contributed by atoms with Crippen LogP contribution in [-0.4, -0.2) is 21.5 Å². The molecule has 0 amide bonds. The van der Waals surface area contributed by atoms with Crippen molar-refractivity contribution >= 4 is 17.8 Å². The first kappa shape index (κ1) is 17.9. The van der Waals surface area contributed by atoms with Crippen molar-refractivity contribution in [1.29, 1.82) is 0 Å². The number of oxime groups is 1. The summed E-state index contributed by atoms with van der Waals surface area (Å²) in [5, 5.41) is 8.57. The molecule has 0 unspecified atom stereocenters. The third-order valence-electron chi connectivity index (χ3n) is 4.45. The van der Waals surface area contributed by atoms with Crippen LogP contribution < -0.4 is 0 Å². The summed E-state index contributed by atoms with van der Waals surface area (Å²) in [6.07, 6.45) is 3.57. The molecule has 0 aliphatic carbocycles. The Balaban J connectivity index is 1.87. The van der Waals surface area contributed by atoms with E-state index >= 15 is 0 Å². The fraction of sp³-hybridized carbons (Fsp3) is 0.136. The molecular formula is C22H18FN3O2. The molecule has 1 aromatic heterocycles. The van der Waals surface area contributed by atoms with E-state index in [0.717, 1.165) is 16.8 Å². The number of hydrogen-bond donors (Lipinski definition) is 0. The second-order valence-electron chi connectivity index (χ2n) is 6.79. The molecule has 28 heavy (non-hydrogen) atoms. The lowest BCUT2D eigenvalue weighted by Crippen LogP contribution is -2.11. The van der Waals surface area contributed by atoms with E-state index < -0.39 is 5.97 Å². The Morgan fingerprint density at radius 3 is 2.46 bits per heavy atom. The molecule has 0 bridgehead atoms. The molecule has 0 saturated carbocycles. The average molecular weight is 375 g/mol. The molecule has 6 heteroatoms. The van der Waals surface area contributed by atoms with E-state index in [-0.39, 0.29) is 11.7 Å². The van der Waals surface area contributed by atoms with E-state index in [1.807, 2.05) is 50.4 Å². The van der Waals surface area contributed by atoms with Crippen LogP contribution in [0.3, 0.4) is 0 Å². The number of aromatic nitrogens is 2. The SMILES string of the molecule is CC(C)C1=NOC(=O)C1=Cc1cn(-c2ccccc2)nc1-c1ccc(F)cc1. The first-order valence-corrected chi connectivity index (χ1v) is 8.95. The highest BCUT2D eigenvalue weighted by Crippen LogP contribution is 2.28. The summed E-state index contributed by atoms with van der Waals surface area (Å²) in [7, 11) is 0. The van der Waals surface area contributed by atoms with E-state index in [0.29, 0.717) is 17.0 Å². The topological polar surface area (TPSA) is 56.5 Å². The predicted molar refractivity (Wildman–Crippen MR) is 105 cm³/mol. The first-order chi connectivity index (χ1) is 13.5. The van der Waals surface area contributed by atoms with Crippen LogP contribution in [0, 0.1) is 11.7 Å². The standard InChI is InChI=1S/C22H18FN3O2/c1-14(2)20-19(22(27)28-25-20)12-16-13-26(18-6-4-3-5-7-18)24-21(16)15-8-10-17(23)11-9-15/h3-14H,1-2H3. The summed E-state index contributed by atoms with van der Waals surface area (Å²) in [5.41, 5.74) is 3.99. The molecular weight excluding hydrogens is 357 g/mol. The van der Waals surface area contributed by atoms with Crippen LogP contribution in [0.4, 0.5) is 4.39 Å². The van der Waals surface area contributed by atoms with Crippen LogP contribution in [0.15, 0.2) is 71.5 Å². The van der Waals surface area contributed by atoms with Gasteiger partial charge in [-0.05, 0) is 48.4 Å². The number of hydrogen-bond acceptors (Lipinski definition) is 4. The second kappa shape index (κ2) is 7.23. The van der Waals surface area contributed by atoms with Crippen molar-refractivity contribution in [1.82, 2.24) is 9.78 Å². The zero-order chi connectivity index (χ0) is 19.7. The number of carbonyl (C=O) groups excluding carboxylic acids is 1.